The lowest BCUT2D eigenvalue weighted by Crippen LogP contribution is -2.23. The van der Waals surface area contributed by atoms with Crippen LogP contribution in [0.3, 0.4) is 0 Å². The summed E-state index contributed by atoms with van der Waals surface area (Å²) in [7, 11) is 0. The van der Waals surface area contributed by atoms with Crippen LogP contribution in [0.2, 0.25) is 0 Å². The van der Waals surface area contributed by atoms with Crippen molar-refractivity contribution in [2.75, 3.05) is 6.54 Å². The second-order valence-electron chi connectivity index (χ2n) is 5.32. The fourth-order valence-electron chi connectivity index (χ4n) is 2.44. The first-order valence-electron chi connectivity index (χ1n) is 7.12. The Morgan fingerprint density at radius 1 is 1.44 bits per heavy atom. The van der Waals surface area contributed by atoms with E-state index in [0.29, 0.717) is 0 Å². The van der Waals surface area contributed by atoms with Crippen LogP contribution in [0.4, 0.5) is 0 Å². The van der Waals surface area contributed by atoms with Gasteiger partial charge in [-0.25, -0.2) is 0 Å². The minimum Gasteiger partial charge on any atom is -0.311 e. The van der Waals surface area contributed by atoms with Crippen LogP contribution in [0.15, 0.2) is 4.47 Å². The van der Waals surface area contributed by atoms with E-state index in [9.17, 15) is 0 Å². The maximum absolute atomic E-state index is 4.62. The zero-order chi connectivity index (χ0) is 13.1. The van der Waals surface area contributed by atoms with Gasteiger partial charge in [0.25, 0.3) is 0 Å². The van der Waals surface area contributed by atoms with E-state index in [1.54, 1.807) is 0 Å². The van der Waals surface area contributed by atoms with Gasteiger partial charge in [-0.2, -0.15) is 5.10 Å². The van der Waals surface area contributed by atoms with Crippen molar-refractivity contribution in [1.82, 2.24) is 15.1 Å². The van der Waals surface area contributed by atoms with E-state index < -0.39 is 0 Å². The molecule has 1 heterocycles. The standard InChI is InChI=1S/C14H24BrN3/c1-4-12-14(15)13(18(5-2)17-12)9-16-8-10(3)11-6-7-11/h10-11,16H,4-9H2,1-3H3. The summed E-state index contributed by atoms with van der Waals surface area (Å²) in [5.74, 6) is 1.79. The first-order chi connectivity index (χ1) is 8.67. The van der Waals surface area contributed by atoms with Crippen LogP contribution in [0.1, 0.15) is 45.0 Å². The van der Waals surface area contributed by atoms with Gasteiger partial charge in [0.15, 0.2) is 0 Å². The molecule has 1 N–H and O–H groups in total. The second kappa shape index (κ2) is 6.20. The molecule has 1 fully saturated rings. The molecule has 1 unspecified atom stereocenters. The number of nitrogens with zero attached hydrogens (tertiary/aromatic N) is 2. The maximum atomic E-state index is 4.62. The van der Waals surface area contributed by atoms with Crippen molar-refractivity contribution in [3.8, 4) is 0 Å². The van der Waals surface area contributed by atoms with Gasteiger partial charge >= 0.3 is 0 Å². The number of rotatable bonds is 7. The molecule has 3 nitrogen and oxygen atoms in total. The molecule has 2 rings (SSSR count). The van der Waals surface area contributed by atoms with E-state index in [4.69, 9.17) is 0 Å². The number of aryl methyl sites for hydroxylation is 2. The Kier molecular flexibility index (Phi) is 4.84. The summed E-state index contributed by atoms with van der Waals surface area (Å²) in [5.41, 5.74) is 2.46. The molecule has 102 valence electrons. The molecule has 1 aromatic rings. The lowest BCUT2D eigenvalue weighted by atomic mass is 10.1. The molecule has 0 saturated heterocycles. The van der Waals surface area contributed by atoms with Crippen molar-refractivity contribution in [3.63, 3.8) is 0 Å². The molecule has 0 amide bonds. The van der Waals surface area contributed by atoms with Gasteiger partial charge in [0.2, 0.25) is 0 Å². The molecule has 18 heavy (non-hydrogen) atoms. The molecule has 0 aromatic carbocycles. The molecule has 1 saturated carbocycles. The molecule has 1 aliphatic carbocycles. The minimum atomic E-state index is 0.812. The number of hydrogen-bond acceptors (Lipinski definition) is 2. The molecule has 1 aromatic heterocycles. The predicted octanol–water partition coefficient (Wildman–Crippen LogP) is 3.36. The zero-order valence-corrected chi connectivity index (χ0v) is 13.3. The van der Waals surface area contributed by atoms with E-state index in [1.807, 2.05) is 0 Å². The van der Waals surface area contributed by atoms with Crippen LogP contribution in [0.5, 0.6) is 0 Å². The first kappa shape index (κ1) is 14.1. The Morgan fingerprint density at radius 3 is 2.72 bits per heavy atom. The third-order valence-corrected chi connectivity index (χ3v) is 4.80. The average molecular weight is 314 g/mol. The van der Waals surface area contributed by atoms with Crippen LogP contribution in [0.25, 0.3) is 0 Å². The predicted molar refractivity (Wildman–Crippen MR) is 78.6 cm³/mol. The SMILES string of the molecule is CCc1nn(CC)c(CNCC(C)C2CC2)c1Br. The molecule has 0 aliphatic heterocycles. The molecule has 0 radical (unpaired) electrons. The van der Waals surface area contributed by atoms with Crippen LogP contribution in [0, 0.1) is 11.8 Å². The average Bonchev–Trinajstić information content (AvgIpc) is 3.17. The highest BCUT2D eigenvalue weighted by Gasteiger charge is 2.27. The first-order valence-corrected chi connectivity index (χ1v) is 7.91. The Balaban J connectivity index is 1.92. The molecule has 0 spiro atoms. The van der Waals surface area contributed by atoms with Gasteiger partial charge < -0.3 is 5.32 Å². The summed E-state index contributed by atoms with van der Waals surface area (Å²) >= 11 is 3.69. The number of nitrogens with one attached hydrogen (secondary N) is 1. The fraction of sp³-hybridized carbons (Fsp3) is 0.786. The molecule has 4 heteroatoms. The van der Waals surface area contributed by atoms with Crippen molar-refractivity contribution >= 4 is 15.9 Å². The highest BCUT2D eigenvalue weighted by molar-refractivity contribution is 9.10. The summed E-state index contributed by atoms with van der Waals surface area (Å²) in [6.07, 6.45) is 3.85. The summed E-state index contributed by atoms with van der Waals surface area (Å²) < 4.78 is 3.30. The molecule has 1 aliphatic rings. The third kappa shape index (κ3) is 3.15. The fourth-order valence-corrected chi connectivity index (χ4v) is 3.14. The van der Waals surface area contributed by atoms with Gasteiger partial charge in [0.1, 0.15) is 0 Å². The Labute approximate surface area is 118 Å². The van der Waals surface area contributed by atoms with Crippen molar-refractivity contribution in [2.24, 2.45) is 11.8 Å². The van der Waals surface area contributed by atoms with Crippen LogP contribution in [-0.2, 0) is 19.5 Å². The Bertz CT molecular complexity index is 396. The summed E-state index contributed by atoms with van der Waals surface area (Å²) in [6, 6.07) is 0. The van der Waals surface area contributed by atoms with Crippen molar-refractivity contribution in [2.45, 2.75) is 53.1 Å². The Hall–Kier alpha value is -0.350. The van der Waals surface area contributed by atoms with E-state index in [2.05, 4.69) is 51.8 Å². The molecule has 1 atom stereocenters. The lowest BCUT2D eigenvalue weighted by Gasteiger charge is -2.12. The van der Waals surface area contributed by atoms with Gasteiger partial charge in [-0.3, -0.25) is 4.68 Å². The number of halogens is 1. The van der Waals surface area contributed by atoms with Gasteiger partial charge in [-0.1, -0.05) is 13.8 Å². The highest BCUT2D eigenvalue weighted by Crippen LogP contribution is 2.36. The van der Waals surface area contributed by atoms with Crippen molar-refractivity contribution in [3.05, 3.63) is 15.9 Å². The monoisotopic (exact) mass is 313 g/mol. The van der Waals surface area contributed by atoms with Gasteiger partial charge in [0.05, 0.1) is 15.9 Å². The third-order valence-electron chi connectivity index (χ3n) is 3.88. The maximum Gasteiger partial charge on any atom is 0.0767 e. The minimum absolute atomic E-state index is 0.812. The van der Waals surface area contributed by atoms with Crippen molar-refractivity contribution in [1.29, 1.82) is 0 Å². The van der Waals surface area contributed by atoms with Crippen LogP contribution < -0.4 is 5.32 Å². The highest BCUT2D eigenvalue weighted by atomic mass is 79.9. The largest absolute Gasteiger partial charge is 0.311 e. The summed E-state index contributed by atoms with van der Waals surface area (Å²) in [5, 5.41) is 8.21. The zero-order valence-electron chi connectivity index (χ0n) is 11.7. The normalized spacial score (nSPS) is 17.1. The van der Waals surface area contributed by atoms with Gasteiger partial charge in [-0.15, -0.1) is 0 Å². The smallest absolute Gasteiger partial charge is 0.0767 e. The van der Waals surface area contributed by atoms with E-state index in [-0.39, 0.29) is 0 Å². The Morgan fingerprint density at radius 2 is 2.17 bits per heavy atom. The molecule has 0 bridgehead atoms. The van der Waals surface area contributed by atoms with E-state index in [1.165, 1.54) is 28.7 Å². The quantitative estimate of drug-likeness (QED) is 0.836. The summed E-state index contributed by atoms with van der Waals surface area (Å²) in [6.45, 7) is 9.63. The number of aromatic nitrogens is 2. The van der Waals surface area contributed by atoms with Gasteiger partial charge in [-0.05, 0) is 60.5 Å². The number of hydrogen-bond donors (Lipinski definition) is 1. The van der Waals surface area contributed by atoms with Crippen LogP contribution >= 0.6 is 15.9 Å². The lowest BCUT2D eigenvalue weighted by molar-refractivity contribution is 0.453. The molecular weight excluding hydrogens is 290 g/mol. The van der Waals surface area contributed by atoms with Gasteiger partial charge in [0, 0.05) is 13.1 Å². The van der Waals surface area contributed by atoms with Crippen molar-refractivity contribution < 1.29 is 0 Å². The molecular formula is C14H24BrN3. The van der Waals surface area contributed by atoms with Crippen LogP contribution in [-0.4, -0.2) is 16.3 Å². The summed E-state index contributed by atoms with van der Waals surface area (Å²) in [4.78, 5) is 0. The van der Waals surface area contributed by atoms with E-state index in [0.717, 1.165) is 37.9 Å². The second-order valence-corrected chi connectivity index (χ2v) is 6.12. The topological polar surface area (TPSA) is 29.9 Å². The van der Waals surface area contributed by atoms with E-state index >= 15 is 0 Å².